The number of nitrogens with zero attached hydrogens (tertiary/aromatic N) is 1. The van der Waals surface area contributed by atoms with Crippen LogP contribution in [0.1, 0.15) is 12.5 Å². The van der Waals surface area contributed by atoms with Crippen LogP contribution in [-0.2, 0) is 5.54 Å². The molecule has 3 nitrogen and oxygen atoms in total. The van der Waals surface area contributed by atoms with Gasteiger partial charge in [-0.25, -0.2) is 9.37 Å². The fraction of sp³-hybridized carbons (Fsp3) is 0.214. The summed E-state index contributed by atoms with van der Waals surface area (Å²) >= 11 is 5.68. The largest absolute Gasteiger partial charge is 0.357 e. The highest BCUT2D eigenvalue weighted by molar-refractivity contribution is 6.30. The molecule has 0 aliphatic heterocycles. The van der Waals surface area contributed by atoms with Crippen molar-refractivity contribution in [2.45, 2.75) is 12.5 Å². The van der Waals surface area contributed by atoms with Crippen molar-refractivity contribution in [2.24, 2.45) is 5.73 Å². The van der Waals surface area contributed by atoms with Gasteiger partial charge in [0.05, 0.1) is 10.6 Å². The monoisotopic (exact) mass is 279 g/mol. The quantitative estimate of drug-likeness (QED) is 0.904. The van der Waals surface area contributed by atoms with Crippen LogP contribution >= 0.6 is 11.6 Å². The number of anilines is 1. The van der Waals surface area contributed by atoms with E-state index in [1.807, 2.05) is 37.3 Å². The minimum atomic E-state index is -0.594. The molecule has 1 heterocycles. The lowest BCUT2D eigenvalue weighted by atomic mass is 9.92. The van der Waals surface area contributed by atoms with Gasteiger partial charge in [-0.1, -0.05) is 41.9 Å². The second-order valence-corrected chi connectivity index (χ2v) is 4.95. The second-order valence-electron chi connectivity index (χ2n) is 4.51. The zero-order valence-corrected chi connectivity index (χ0v) is 11.3. The van der Waals surface area contributed by atoms with E-state index < -0.39 is 11.4 Å². The van der Waals surface area contributed by atoms with Gasteiger partial charge in [-0.15, -0.1) is 0 Å². The summed E-state index contributed by atoms with van der Waals surface area (Å²) in [7, 11) is 0. The number of nitrogens with two attached hydrogens (primary N) is 1. The van der Waals surface area contributed by atoms with E-state index in [0.717, 1.165) is 5.56 Å². The molecule has 19 heavy (non-hydrogen) atoms. The zero-order valence-electron chi connectivity index (χ0n) is 10.5. The maximum absolute atomic E-state index is 13.8. The molecule has 100 valence electrons. The van der Waals surface area contributed by atoms with Gasteiger partial charge in [0.15, 0.2) is 11.6 Å². The molecule has 0 spiro atoms. The van der Waals surface area contributed by atoms with E-state index in [0.29, 0.717) is 6.54 Å². The van der Waals surface area contributed by atoms with Crippen molar-refractivity contribution in [3.63, 3.8) is 0 Å². The number of hydrogen-bond acceptors (Lipinski definition) is 3. The van der Waals surface area contributed by atoms with E-state index >= 15 is 0 Å². The molecule has 1 unspecified atom stereocenters. The Hall–Kier alpha value is -1.65. The van der Waals surface area contributed by atoms with E-state index in [-0.39, 0.29) is 10.8 Å². The third-order valence-electron chi connectivity index (χ3n) is 3.02. The highest BCUT2D eigenvalue weighted by Crippen LogP contribution is 2.26. The Kier molecular flexibility index (Phi) is 4.02. The van der Waals surface area contributed by atoms with Gasteiger partial charge in [-0.05, 0) is 18.6 Å². The molecule has 0 bridgehead atoms. The fourth-order valence-corrected chi connectivity index (χ4v) is 1.96. The Bertz CT molecular complexity index is 562. The van der Waals surface area contributed by atoms with Crippen molar-refractivity contribution in [3.05, 3.63) is 59.0 Å². The standard InChI is InChI=1S/C14H15ClFN3/c1-14(9-17,10-5-3-2-4-6-10)19-13-12(16)7-11(15)8-18-13/h2-8H,9,17H2,1H3,(H,18,19). The van der Waals surface area contributed by atoms with Gasteiger partial charge in [0.1, 0.15) is 0 Å². The number of aromatic nitrogens is 1. The summed E-state index contributed by atoms with van der Waals surface area (Å²) in [4.78, 5) is 3.96. The molecule has 0 amide bonds. The van der Waals surface area contributed by atoms with Gasteiger partial charge in [0.2, 0.25) is 0 Å². The molecule has 3 N–H and O–H groups in total. The van der Waals surface area contributed by atoms with E-state index in [4.69, 9.17) is 17.3 Å². The lowest BCUT2D eigenvalue weighted by molar-refractivity contribution is 0.540. The average molecular weight is 280 g/mol. The fourth-order valence-electron chi connectivity index (χ4n) is 1.81. The maximum Gasteiger partial charge on any atom is 0.166 e. The molecule has 2 aromatic rings. The third kappa shape index (κ3) is 3.03. The first-order chi connectivity index (χ1) is 9.05. The van der Waals surface area contributed by atoms with Crippen LogP contribution in [0, 0.1) is 5.82 Å². The number of hydrogen-bond donors (Lipinski definition) is 2. The third-order valence-corrected chi connectivity index (χ3v) is 3.23. The number of rotatable bonds is 4. The summed E-state index contributed by atoms with van der Waals surface area (Å²) in [5.74, 6) is -0.357. The predicted molar refractivity (Wildman–Crippen MR) is 75.7 cm³/mol. The van der Waals surface area contributed by atoms with Crippen LogP contribution in [0.4, 0.5) is 10.2 Å². The summed E-state index contributed by atoms with van der Waals surface area (Å²) in [6.45, 7) is 2.21. The predicted octanol–water partition coefficient (Wildman–Crippen LogP) is 3.16. The second kappa shape index (κ2) is 5.55. The number of nitrogens with one attached hydrogen (secondary N) is 1. The molecule has 1 aromatic carbocycles. The van der Waals surface area contributed by atoms with Gasteiger partial charge in [0.25, 0.3) is 0 Å². The molecule has 2 rings (SSSR count). The molecule has 1 aromatic heterocycles. The van der Waals surface area contributed by atoms with Crippen LogP contribution < -0.4 is 11.1 Å². The van der Waals surface area contributed by atoms with Gasteiger partial charge in [0, 0.05) is 12.7 Å². The van der Waals surface area contributed by atoms with E-state index in [9.17, 15) is 4.39 Å². The molecule has 1 atom stereocenters. The molecule has 0 aliphatic carbocycles. The van der Waals surface area contributed by atoms with Crippen molar-refractivity contribution in [2.75, 3.05) is 11.9 Å². The van der Waals surface area contributed by atoms with E-state index in [1.165, 1.54) is 12.3 Å². The zero-order chi connectivity index (χ0) is 13.9. The van der Waals surface area contributed by atoms with Gasteiger partial charge in [-0.3, -0.25) is 0 Å². The van der Waals surface area contributed by atoms with Gasteiger partial charge >= 0.3 is 0 Å². The minimum absolute atomic E-state index is 0.140. The summed E-state index contributed by atoms with van der Waals surface area (Å²) in [5, 5.41) is 3.31. The SMILES string of the molecule is CC(CN)(Nc1ncc(Cl)cc1F)c1ccccc1. The van der Waals surface area contributed by atoms with Crippen LogP contribution in [0.3, 0.4) is 0 Å². The van der Waals surface area contributed by atoms with Crippen LogP contribution in [0.2, 0.25) is 5.02 Å². The van der Waals surface area contributed by atoms with Crippen molar-refractivity contribution < 1.29 is 4.39 Å². The first kappa shape index (κ1) is 13.8. The van der Waals surface area contributed by atoms with Gasteiger partial charge in [-0.2, -0.15) is 0 Å². The molecule has 0 radical (unpaired) electrons. The van der Waals surface area contributed by atoms with Crippen LogP contribution in [0.15, 0.2) is 42.6 Å². The minimum Gasteiger partial charge on any atom is -0.357 e. The van der Waals surface area contributed by atoms with Crippen molar-refractivity contribution >= 4 is 17.4 Å². The Balaban J connectivity index is 2.33. The number of benzene rings is 1. The molecule has 0 saturated carbocycles. The number of halogens is 2. The maximum atomic E-state index is 13.8. The Morgan fingerprint density at radius 2 is 2.05 bits per heavy atom. The highest BCUT2D eigenvalue weighted by Gasteiger charge is 2.26. The highest BCUT2D eigenvalue weighted by atomic mass is 35.5. The molecular formula is C14H15ClFN3. The summed E-state index contributed by atoms with van der Waals surface area (Å²) < 4.78 is 13.8. The van der Waals surface area contributed by atoms with Crippen LogP contribution in [-0.4, -0.2) is 11.5 Å². The first-order valence-electron chi connectivity index (χ1n) is 5.90. The summed E-state index contributed by atoms with van der Waals surface area (Å²) in [5.41, 5.74) is 6.20. The number of pyridine rings is 1. The molecule has 0 saturated heterocycles. The topological polar surface area (TPSA) is 50.9 Å². The summed E-state index contributed by atoms with van der Waals surface area (Å²) in [6.07, 6.45) is 1.40. The molecule has 0 fully saturated rings. The molecule has 0 aliphatic rings. The van der Waals surface area contributed by atoms with Crippen molar-refractivity contribution in [3.8, 4) is 0 Å². The Morgan fingerprint density at radius 1 is 1.37 bits per heavy atom. The lowest BCUT2D eigenvalue weighted by Crippen LogP contribution is -2.40. The van der Waals surface area contributed by atoms with E-state index in [1.54, 1.807) is 0 Å². The summed E-state index contributed by atoms with van der Waals surface area (Å²) in [6, 6.07) is 10.8. The van der Waals surface area contributed by atoms with Crippen molar-refractivity contribution in [1.29, 1.82) is 0 Å². The average Bonchev–Trinajstić information content (AvgIpc) is 2.43. The lowest BCUT2D eigenvalue weighted by Gasteiger charge is -2.30. The van der Waals surface area contributed by atoms with Crippen LogP contribution in [0.25, 0.3) is 0 Å². The Morgan fingerprint density at radius 3 is 2.63 bits per heavy atom. The Labute approximate surface area is 116 Å². The van der Waals surface area contributed by atoms with E-state index in [2.05, 4.69) is 10.3 Å². The smallest absolute Gasteiger partial charge is 0.166 e. The molecule has 5 heteroatoms. The molecular weight excluding hydrogens is 265 g/mol. The van der Waals surface area contributed by atoms with Crippen LogP contribution in [0.5, 0.6) is 0 Å². The first-order valence-corrected chi connectivity index (χ1v) is 6.28. The van der Waals surface area contributed by atoms with Crippen molar-refractivity contribution in [1.82, 2.24) is 4.98 Å². The normalized spacial score (nSPS) is 13.9. The van der Waals surface area contributed by atoms with Gasteiger partial charge < -0.3 is 11.1 Å².